The summed E-state index contributed by atoms with van der Waals surface area (Å²) in [7, 11) is 0. The molecule has 114 valence electrons. The molecule has 0 unspecified atom stereocenters. The smallest absolute Gasteiger partial charge is 0.195 e. The van der Waals surface area contributed by atoms with Crippen LogP contribution in [0.3, 0.4) is 0 Å². The Morgan fingerprint density at radius 1 is 1.26 bits per heavy atom. The van der Waals surface area contributed by atoms with Gasteiger partial charge in [0, 0.05) is 25.2 Å². The van der Waals surface area contributed by atoms with Crippen LogP contribution in [0.2, 0.25) is 5.02 Å². The standard InChI is InChI=1S/C16H10ClN3OS2/c1-22-16(19-8-18)20-10-3-5-14-12(7-10)15(21)11-6-9(17)2-4-13(11)23-14/h2-7H,1H3,(H,19,20). The number of nitrogens with one attached hydrogen (secondary N) is 1. The van der Waals surface area contributed by atoms with Crippen LogP contribution in [0.5, 0.6) is 0 Å². The number of halogens is 1. The van der Waals surface area contributed by atoms with Gasteiger partial charge in [0.05, 0.1) is 5.69 Å². The van der Waals surface area contributed by atoms with Gasteiger partial charge in [-0.2, -0.15) is 5.26 Å². The van der Waals surface area contributed by atoms with Crippen LogP contribution < -0.4 is 10.7 Å². The third kappa shape index (κ3) is 3.17. The van der Waals surface area contributed by atoms with Gasteiger partial charge in [-0.3, -0.25) is 10.1 Å². The summed E-state index contributed by atoms with van der Waals surface area (Å²) >= 11 is 8.86. The molecule has 7 heteroatoms. The number of thioether (sulfide) groups is 1. The predicted octanol–water partition coefficient (Wildman–Crippen LogP) is 4.49. The fourth-order valence-corrected chi connectivity index (χ4v) is 3.72. The average Bonchev–Trinajstić information content (AvgIpc) is 2.56. The van der Waals surface area contributed by atoms with Gasteiger partial charge in [0.15, 0.2) is 16.8 Å². The van der Waals surface area contributed by atoms with Crippen LogP contribution in [-0.4, -0.2) is 11.4 Å². The van der Waals surface area contributed by atoms with Crippen molar-refractivity contribution < 1.29 is 0 Å². The molecule has 2 aromatic carbocycles. The summed E-state index contributed by atoms with van der Waals surface area (Å²) in [5.74, 6) is 0. The fraction of sp³-hybridized carbons (Fsp3) is 0.0625. The maximum Gasteiger partial charge on any atom is 0.195 e. The zero-order chi connectivity index (χ0) is 16.4. The molecule has 0 amide bonds. The highest BCUT2D eigenvalue weighted by Crippen LogP contribution is 2.29. The van der Waals surface area contributed by atoms with Crippen molar-refractivity contribution in [2.45, 2.75) is 0 Å². The number of hydrogen-bond donors (Lipinski definition) is 1. The summed E-state index contributed by atoms with van der Waals surface area (Å²) in [6.07, 6.45) is 3.66. The molecule has 1 aromatic heterocycles. The number of benzene rings is 2. The predicted molar refractivity (Wildman–Crippen MR) is 100.0 cm³/mol. The van der Waals surface area contributed by atoms with Crippen molar-refractivity contribution in [1.29, 1.82) is 5.26 Å². The van der Waals surface area contributed by atoms with Crippen molar-refractivity contribution in [3.63, 3.8) is 0 Å². The molecule has 0 radical (unpaired) electrons. The second kappa shape index (κ2) is 6.59. The number of nitrogens with zero attached hydrogens (tertiary/aromatic N) is 2. The molecule has 0 aliphatic carbocycles. The minimum absolute atomic E-state index is 0.0627. The van der Waals surface area contributed by atoms with Gasteiger partial charge in [0.2, 0.25) is 0 Å². The molecular formula is C16H10ClN3OS2. The van der Waals surface area contributed by atoms with Crippen molar-refractivity contribution in [3.8, 4) is 6.19 Å². The molecule has 1 heterocycles. The van der Waals surface area contributed by atoms with Gasteiger partial charge in [0.25, 0.3) is 0 Å². The van der Waals surface area contributed by atoms with E-state index in [0.29, 0.717) is 26.7 Å². The van der Waals surface area contributed by atoms with Crippen LogP contribution in [-0.2, 0) is 0 Å². The molecule has 0 aliphatic heterocycles. The minimum atomic E-state index is -0.0627. The molecule has 3 aromatic rings. The summed E-state index contributed by atoms with van der Waals surface area (Å²) in [5.41, 5.74) is 0.558. The molecule has 0 saturated carbocycles. The van der Waals surface area contributed by atoms with E-state index in [0.717, 1.165) is 9.40 Å². The van der Waals surface area contributed by atoms with E-state index in [2.05, 4.69) is 10.3 Å². The number of nitriles is 1. The van der Waals surface area contributed by atoms with Crippen molar-refractivity contribution in [3.05, 3.63) is 51.6 Å². The maximum absolute atomic E-state index is 12.7. The number of rotatable bonds is 1. The molecule has 0 spiro atoms. The van der Waals surface area contributed by atoms with Crippen LogP contribution in [0.15, 0.2) is 46.2 Å². The van der Waals surface area contributed by atoms with E-state index in [4.69, 9.17) is 16.9 Å². The van der Waals surface area contributed by atoms with Gasteiger partial charge in [-0.05, 0) is 42.7 Å². The first kappa shape index (κ1) is 15.8. The molecule has 3 rings (SSSR count). The maximum atomic E-state index is 12.7. The summed E-state index contributed by atoms with van der Waals surface area (Å²) in [6.45, 7) is 0. The Labute approximate surface area is 145 Å². The topological polar surface area (TPSA) is 65.2 Å². The van der Waals surface area contributed by atoms with Gasteiger partial charge >= 0.3 is 0 Å². The molecule has 1 N–H and O–H groups in total. The average molecular weight is 360 g/mol. The third-order valence-corrected chi connectivity index (χ3v) is 5.17. The molecule has 0 aliphatic rings. The Kier molecular flexibility index (Phi) is 4.53. The van der Waals surface area contributed by atoms with E-state index >= 15 is 0 Å². The highest BCUT2D eigenvalue weighted by Gasteiger charge is 2.08. The van der Waals surface area contributed by atoms with Crippen molar-refractivity contribution in [2.75, 3.05) is 6.26 Å². The first-order chi connectivity index (χ1) is 11.1. The summed E-state index contributed by atoms with van der Waals surface area (Å²) in [6, 6.07) is 10.8. The molecular weight excluding hydrogens is 350 g/mol. The van der Waals surface area contributed by atoms with Crippen LogP contribution >= 0.6 is 34.7 Å². The molecule has 0 atom stereocenters. The lowest BCUT2D eigenvalue weighted by atomic mass is 10.1. The second-order valence-electron chi connectivity index (χ2n) is 4.61. The minimum Gasteiger partial charge on any atom is -0.289 e. The SMILES string of the molecule is CSC(=Nc1ccc2sc3ccc(Cl)cc3c(=O)c2c1)NC#N. The quantitative estimate of drug-likeness (QED) is 0.228. The zero-order valence-electron chi connectivity index (χ0n) is 12.0. The summed E-state index contributed by atoms with van der Waals surface area (Å²) in [4.78, 5) is 17.0. The number of aliphatic imine (C=N–C) groups is 1. The van der Waals surface area contributed by atoms with Crippen molar-refractivity contribution in [2.24, 2.45) is 4.99 Å². The number of amidine groups is 1. The van der Waals surface area contributed by atoms with E-state index in [1.54, 1.807) is 18.2 Å². The number of fused-ring (bicyclic) bond motifs is 2. The largest absolute Gasteiger partial charge is 0.289 e. The highest BCUT2D eigenvalue weighted by molar-refractivity contribution is 8.13. The second-order valence-corrected chi connectivity index (χ2v) is 6.93. The monoisotopic (exact) mass is 359 g/mol. The normalized spacial score (nSPS) is 11.6. The van der Waals surface area contributed by atoms with Crippen LogP contribution in [0.25, 0.3) is 20.2 Å². The van der Waals surface area contributed by atoms with Crippen molar-refractivity contribution in [1.82, 2.24) is 5.32 Å². The highest BCUT2D eigenvalue weighted by atomic mass is 35.5. The molecule has 23 heavy (non-hydrogen) atoms. The molecule has 4 nitrogen and oxygen atoms in total. The third-order valence-electron chi connectivity index (χ3n) is 3.20. The van der Waals surface area contributed by atoms with E-state index < -0.39 is 0 Å². The van der Waals surface area contributed by atoms with Gasteiger partial charge in [-0.1, -0.05) is 23.4 Å². The Morgan fingerprint density at radius 2 is 1.96 bits per heavy atom. The first-order valence-electron chi connectivity index (χ1n) is 6.56. The van der Waals surface area contributed by atoms with Crippen LogP contribution in [0.1, 0.15) is 0 Å². The van der Waals surface area contributed by atoms with E-state index in [9.17, 15) is 4.79 Å². The Morgan fingerprint density at radius 3 is 2.65 bits per heavy atom. The van der Waals surface area contributed by atoms with Gasteiger partial charge in [0.1, 0.15) is 0 Å². The molecule has 0 saturated heterocycles. The summed E-state index contributed by atoms with van der Waals surface area (Å²) < 4.78 is 1.79. The lowest BCUT2D eigenvalue weighted by molar-refractivity contribution is 1.28. The van der Waals surface area contributed by atoms with E-state index in [-0.39, 0.29) is 5.43 Å². The van der Waals surface area contributed by atoms with Gasteiger partial charge in [-0.25, -0.2) is 4.99 Å². The zero-order valence-corrected chi connectivity index (χ0v) is 14.4. The fourth-order valence-electron chi connectivity index (χ4n) is 2.18. The van der Waals surface area contributed by atoms with E-state index in [1.165, 1.54) is 23.1 Å². The Bertz CT molecular complexity index is 1040. The van der Waals surface area contributed by atoms with Crippen LogP contribution in [0, 0.1) is 11.5 Å². The molecule has 0 bridgehead atoms. The Balaban J connectivity index is 2.23. The molecule has 0 fully saturated rings. The summed E-state index contributed by atoms with van der Waals surface area (Å²) in [5, 5.41) is 13.4. The lowest BCUT2D eigenvalue weighted by Gasteiger charge is -2.04. The van der Waals surface area contributed by atoms with Crippen molar-refractivity contribution >= 4 is 65.7 Å². The first-order valence-corrected chi connectivity index (χ1v) is 8.98. The van der Waals surface area contributed by atoms with E-state index in [1.807, 2.05) is 30.6 Å². The number of hydrogen-bond acceptors (Lipinski definition) is 5. The van der Waals surface area contributed by atoms with Crippen LogP contribution in [0.4, 0.5) is 5.69 Å². The Hall–Kier alpha value is -2.07. The lowest BCUT2D eigenvalue weighted by Crippen LogP contribution is -2.12. The van der Waals surface area contributed by atoms with Gasteiger partial charge < -0.3 is 0 Å². The van der Waals surface area contributed by atoms with Gasteiger partial charge in [-0.15, -0.1) is 11.3 Å².